The third kappa shape index (κ3) is 4.59. The number of ether oxygens (including phenoxy) is 2. The minimum atomic E-state index is 0.122. The van der Waals surface area contributed by atoms with E-state index in [1.807, 2.05) is 50.4 Å². The van der Waals surface area contributed by atoms with Gasteiger partial charge in [-0.2, -0.15) is 0 Å². The van der Waals surface area contributed by atoms with Crippen LogP contribution in [0.3, 0.4) is 0 Å². The number of benzene rings is 2. The van der Waals surface area contributed by atoms with Gasteiger partial charge in [-0.1, -0.05) is 48.5 Å². The van der Waals surface area contributed by atoms with E-state index in [1.165, 1.54) is 5.56 Å². The maximum absolute atomic E-state index is 5.84. The van der Waals surface area contributed by atoms with E-state index in [9.17, 15) is 0 Å². The number of hydrogen-bond donors (Lipinski definition) is 1. The Kier molecular flexibility index (Phi) is 6.25. The van der Waals surface area contributed by atoms with Gasteiger partial charge < -0.3 is 14.8 Å². The van der Waals surface area contributed by atoms with E-state index in [0.717, 1.165) is 11.3 Å². The van der Waals surface area contributed by atoms with Crippen molar-refractivity contribution in [1.82, 2.24) is 5.32 Å². The largest absolute Gasteiger partial charge is 0.494 e. The van der Waals surface area contributed by atoms with Crippen LogP contribution in [0.1, 0.15) is 24.1 Å². The molecule has 0 aliphatic heterocycles. The van der Waals surface area contributed by atoms with Gasteiger partial charge in [0.15, 0.2) is 0 Å². The van der Waals surface area contributed by atoms with Gasteiger partial charge in [-0.15, -0.1) is 0 Å². The van der Waals surface area contributed by atoms with E-state index in [2.05, 4.69) is 23.5 Å². The molecule has 0 aliphatic rings. The second-order valence-electron chi connectivity index (χ2n) is 4.81. The third-order valence-electron chi connectivity index (χ3n) is 3.34. The molecule has 2 rings (SSSR count). The number of nitrogens with one attached hydrogen (secondary N) is 1. The Morgan fingerprint density at radius 3 is 2.43 bits per heavy atom. The lowest BCUT2D eigenvalue weighted by molar-refractivity contribution is 0.0997. The molecule has 1 N–H and O–H groups in total. The number of para-hydroxylation sites is 1. The van der Waals surface area contributed by atoms with Crippen LogP contribution in [-0.2, 0) is 11.3 Å². The minimum absolute atomic E-state index is 0.122. The van der Waals surface area contributed by atoms with E-state index in [1.54, 1.807) is 0 Å². The Hall–Kier alpha value is -1.84. The van der Waals surface area contributed by atoms with Gasteiger partial charge in [0.25, 0.3) is 0 Å². The minimum Gasteiger partial charge on any atom is -0.494 e. The summed E-state index contributed by atoms with van der Waals surface area (Å²) in [7, 11) is 1.94. The predicted molar refractivity (Wildman–Crippen MR) is 85.5 cm³/mol. The molecule has 2 aromatic rings. The van der Waals surface area contributed by atoms with Crippen LogP contribution in [0.25, 0.3) is 0 Å². The molecule has 0 bridgehead atoms. The van der Waals surface area contributed by atoms with Crippen molar-refractivity contribution in [3.05, 3.63) is 65.7 Å². The molecule has 0 spiro atoms. The Bertz CT molecular complexity index is 528. The number of likely N-dealkylation sites (N-methyl/N-ethyl adjacent to an activating group) is 1. The Morgan fingerprint density at radius 2 is 1.71 bits per heavy atom. The molecule has 3 heteroatoms. The summed E-state index contributed by atoms with van der Waals surface area (Å²) in [6.45, 7) is 3.89. The monoisotopic (exact) mass is 285 g/mol. The van der Waals surface area contributed by atoms with Crippen LogP contribution >= 0.6 is 0 Å². The quantitative estimate of drug-likeness (QED) is 0.804. The lowest BCUT2D eigenvalue weighted by Crippen LogP contribution is -2.22. The van der Waals surface area contributed by atoms with E-state index < -0.39 is 0 Å². The van der Waals surface area contributed by atoms with Crippen LogP contribution in [0.2, 0.25) is 0 Å². The van der Waals surface area contributed by atoms with Crippen molar-refractivity contribution in [1.29, 1.82) is 0 Å². The third-order valence-corrected chi connectivity index (χ3v) is 3.34. The zero-order valence-corrected chi connectivity index (χ0v) is 12.7. The second-order valence-corrected chi connectivity index (χ2v) is 4.81. The molecule has 0 fully saturated rings. The highest BCUT2D eigenvalue weighted by molar-refractivity contribution is 5.36. The van der Waals surface area contributed by atoms with Gasteiger partial charge >= 0.3 is 0 Å². The first-order valence-corrected chi connectivity index (χ1v) is 7.35. The van der Waals surface area contributed by atoms with E-state index >= 15 is 0 Å². The molecule has 1 unspecified atom stereocenters. The molecule has 1 atom stereocenters. The van der Waals surface area contributed by atoms with Crippen molar-refractivity contribution in [2.45, 2.75) is 19.6 Å². The van der Waals surface area contributed by atoms with Crippen molar-refractivity contribution < 1.29 is 9.47 Å². The molecular formula is C18H23NO2. The van der Waals surface area contributed by atoms with Crippen LogP contribution in [0.5, 0.6) is 5.75 Å². The fraction of sp³-hybridized carbons (Fsp3) is 0.333. The molecule has 0 saturated heterocycles. The summed E-state index contributed by atoms with van der Waals surface area (Å²) in [6.07, 6.45) is 0. The van der Waals surface area contributed by atoms with Crippen molar-refractivity contribution in [3.63, 3.8) is 0 Å². The summed E-state index contributed by atoms with van der Waals surface area (Å²) in [5, 5.41) is 3.30. The molecule has 21 heavy (non-hydrogen) atoms. The van der Waals surface area contributed by atoms with E-state index in [-0.39, 0.29) is 6.04 Å². The normalized spacial score (nSPS) is 12.1. The van der Waals surface area contributed by atoms with Gasteiger partial charge in [0.05, 0.1) is 25.9 Å². The van der Waals surface area contributed by atoms with Crippen molar-refractivity contribution in [2.75, 3.05) is 20.3 Å². The summed E-state index contributed by atoms with van der Waals surface area (Å²) in [6, 6.07) is 18.4. The summed E-state index contributed by atoms with van der Waals surface area (Å²) < 4.78 is 11.5. The van der Waals surface area contributed by atoms with E-state index in [0.29, 0.717) is 19.8 Å². The van der Waals surface area contributed by atoms with Crippen LogP contribution in [0.15, 0.2) is 54.6 Å². The lowest BCUT2D eigenvalue weighted by atomic mass is 10.1. The molecule has 0 saturated carbocycles. The topological polar surface area (TPSA) is 30.5 Å². The Balaban J connectivity index is 1.96. The molecule has 2 aromatic carbocycles. The molecule has 0 heterocycles. The summed E-state index contributed by atoms with van der Waals surface area (Å²) in [5.41, 5.74) is 2.32. The van der Waals surface area contributed by atoms with Crippen LogP contribution in [0.4, 0.5) is 0 Å². The maximum Gasteiger partial charge on any atom is 0.124 e. The first-order chi connectivity index (χ1) is 10.3. The number of rotatable bonds is 8. The smallest absolute Gasteiger partial charge is 0.124 e. The molecule has 0 aliphatic carbocycles. The molecule has 0 amide bonds. The first-order valence-electron chi connectivity index (χ1n) is 7.35. The van der Waals surface area contributed by atoms with Gasteiger partial charge in [-0.3, -0.25) is 0 Å². The summed E-state index contributed by atoms with van der Waals surface area (Å²) >= 11 is 0. The van der Waals surface area contributed by atoms with E-state index in [4.69, 9.17) is 9.47 Å². The highest BCUT2D eigenvalue weighted by atomic mass is 16.5. The lowest BCUT2D eigenvalue weighted by Gasteiger charge is -2.20. The first kappa shape index (κ1) is 15.5. The zero-order valence-electron chi connectivity index (χ0n) is 12.7. The van der Waals surface area contributed by atoms with Crippen molar-refractivity contribution in [2.24, 2.45) is 0 Å². The Morgan fingerprint density at radius 1 is 1.00 bits per heavy atom. The zero-order chi connectivity index (χ0) is 14.9. The molecule has 0 radical (unpaired) electrons. The Labute approximate surface area is 126 Å². The fourth-order valence-corrected chi connectivity index (χ4v) is 2.25. The molecule has 0 aromatic heterocycles. The average Bonchev–Trinajstić information content (AvgIpc) is 2.54. The van der Waals surface area contributed by atoms with Crippen LogP contribution < -0.4 is 10.1 Å². The fourth-order valence-electron chi connectivity index (χ4n) is 2.25. The second kappa shape index (κ2) is 8.45. The SMILES string of the molecule is CCOc1ccccc1C(COCc1ccccc1)NC. The average molecular weight is 285 g/mol. The maximum atomic E-state index is 5.84. The van der Waals surface area contributed by atoms with Crippen LogP contribution in [-0.4, -0.2) is 20.3 Å². The standard InChI is InChI=1S/C18H23NO2/c1-3-21-18-12-8-7-11-16(18)17(19-2)14-20-13-15-9-5-4-6-10-15/h4-12,17,19H,3,13-14H2,1-2H3. The molecule has 3 nitrogen and oxygen atoms in total. The molecular weight excluding hydrogens is 262 g/mol. The van der Waals surface area contributed by atoms with Crippen molar-refractivity contribution in [3.8, 4) is 5.75 Å². The van der Waals surface area contributed by atoms with Gasteiger partial charge in [-0.25, -0.2) is 0 Å². The highest BCUT2D eigenvalue weighted by Crippen LogP contribution is 2.25. The van der Waals surface area contributed by atoms with Gasteiger partial charge in [0.1, 0.15) is 5.75 Å². The van der Waals surface area contributed by atoms with Crippen LogP contribution in [0, 0.1) is 0 Å². The van der Waals surface area contributed by atoms with Crippen molar-refractivity contribution >= 4 is 0 Å². The van der Waals surface area contributed by atoms with Gasteiger partial charge in [-0.05, 0) is 25.6 Å². The highest BCUT2D eigenvalue weighted by Gasteiger charge is 2.14. The number of hydrogen-bond acceptors (Lipinski definition) is 3. The predicted octanol–water partition coefficient (Wildman–Crippen LogP) is 3.56. The van der Waals surface area contributed by atoms with Gasteiger partial charge in [0.2, 0.25) is 0 Å². The summed E-state index contributed by atoms with van der Waals surface area (Å²) in [5.74, 6) is 0.919. The molecule has 112 valence electrons. The summed E-state index contributed by atoms with van der Waals surface area (Å²) in [4.78, 5) is 0. The van der Waals surface area contributed by atoms with Gasteiger partial charge in [0, 0.05) is 5.56 Å².